The molecule has 0 bridgehead atoms. The van der Waals surface area contributed by atoms with E-state index in [0.29, 0.717) is 10.4 Å². The van der Waals surface area contributed by atoms with Crippen molar-refractivity contribution in [2.75, 3.05) is 7.11 Å². The van der Waals surface area contributed by atoms with Gasteiger partial charge in [-0.25, -0.2) is 4.79 Å². The van der Waals surface area contributed by atoms with Crippen molar-refractivity contribution >= 4 is 21.9 Å². The summed E-state index contributed by atoms with van der Waals surface area (Å²) in [6.07, 6.45) is 0. The van der Waals surface area contributed by atoms with Crippen LogP contribution in [0.25, 0.3) is 0 Å². The van der Waals surface area contributed by atoms with Crippen molar-refractivity contribution in [3.63, 3.8) is 0 Å². The predicted molar refractivity (Wildman–Crippen MR) is 64.0 cm³/mol. The maximum Gasteiger partial charge on any atom is 0.333 e. The van der Waals surface area contributed by atoms with E-state index in [0.717, 1.165) is 0 Å². The molecule has 0 amide bonds. The van der Waals surface area contributed by atoms with Gasteiger partial charge in [-0.1, -0.05) is 0 Å². The molecule has 0 radical (unpaired) electrons. The predicted octanol–water partition coefficient (Wildman–Crippen LogP) is 2.43. The minimum Gasteiger partial charge on any atom is -0.467 e. The normalized spacial score (nSPS) is 14.9. The van der Waals surface area contributed by atoms with Crippen LogP contribution < -0.4 is 5.32 Å². The lowest BCUT2D eigenvalue weighted by molar-refractivity contribution is -0.149. The third-order valence-corrected chi connectivity index (χ3v) is 2.66. The maximum absolute atomic E-state index is 11.8. The molecule has 1 atom stereocenters. The Balaban J connectivity index is 3.08. The van der Waals surface area contributed by atoms with E-state index in [1.807, 2.05) is 13.8 Å². The molecule has 1 rings (SSSR count). The van der Waals surface area contributed by atoms with E-state index in [-0.39, 0.29) is 12.0 Å². The summed E-state index contributed by atoms with van der Waals surface area (Å²) in [6.45, 7) is 5.66. The summed E-state index contributed by atoms with van der Waals surface area (Å²) < 4.78 is 10.8. The zero-order valence-corrected chi connectivity index (χ0v) is 11.4. The maximum atomic E-state index is 11.8. The fraction of sp³-hybridized carbons (Fsp3) is 0.545. The van der Waals surface area contributed by atoms with Gasteiger partial charge in [0.15, 0.2) is 10.2 Å². The molecule has 0 saturated heterocycles. The Morgan fingerprint density at radius 3 is 2.56 bits per heavy atom. The summed E-state index contributed by atoms with van der Waals surface area (Å²) in [5, 5.41) is 3.15. The van der Waals surface area contributed by atoms with Gasteiger partial charge in [0.1, 0.15) is 5.76 Å². The lowest BCUT2D eigenvalue weighted by Crippen LogP contribution is -2.50. The van der Waals surface area contributed by atoms with Gasteiger partial charge in [-0.05, 0) is 48.8 Å². The number of halogens is 1. The molecule has 0 aromatic carbocycles. The summed E-state index contributed by atoms with van der Waals surface area (Å²) >= 11 is 3.22. The minimum atomic E-state index is -0.963. The molecule has 90 valence electrons. The van der Waals surface area contributed by atoms with Crippen LogP contribution in [0.4, 0.5) is 0 Å². The molecule has 1 heterocycles. The number of esters is 1. The van der Waals surface area contributed by atoms with E-state index < -0.39 is 5.54 Å². The second kappa shape index (κ2) is 5.01. The van der Waals surface area contributed by atoms with Gasteiger partial charge < -0.3 is 9.15 Å². The number of ether oxygens (including phenoxy) is 1. The molecule has 1 aromatic heterocycles. The SMILES string of the molecule is COC(=O)C(C)(NC(C)C)c1ccc(Br)o1. The molecule has 1 N–H and O–H groups in total. The van der Waals surface area contributed by atoms with Gasteiger partial charge in [-0.15, -0.1) is 0 Å². The Morgan fingerprint density at radius 2 is 2.19 bits per heavy atom. The first-order chi connectivity index (χ1) is 7.40. The average molecular weight is 290 g/mol. The van der Waals surface area contributed by atoms with E-state index in [9.17, 15) is 4.79 Å². The van der Waals surface area contributed by atoms with Crippen molar-refractivity contribution in [2.45, 2.75) is 32.4 Å². The van der Waals surface area contributed by atoms with E-state index >= 15 is 0 Å². The van der Waals surface area contributed by atoms with Crippen molar-refractivity contribution in [3.05, 3.63) is 22.6 Å². The van der Waals surface area contributed by atoms with Crippen molar-refractivity contribution in [1.82, 2.24) is 5.32 Å². The Hall–Kier alpha value is -0.810. The van der Waals surface area contributed by atoms with Gasteiger partial charge in [-0.2, -0.15) is 0 Å². The van der Waals surface area contributed by atoms with Gasteiger partial charge in [0.25, 0.3) is 0 Å². The van der Waals surface area contributed by atoms with Crippen molar-refractivity contribution < 1.29 is 13.9 Å². The minimum absolute atomic E-state index is 0.132. The first kappa shape index (κ1) is 13.3. The van der Waals surface area contributed by atoms with Gasteiger partial charge in [0, 0.05) is 6.04 Å². The molecule has 4 nitrogen and oxygen atoms in total. The number of nitrogens with one attached hydrogen (secondary N) is 1. The average Bonchev–Trinajstić information content (AvgIpc) is 2.62. The van der Waals surface area contributed by atoms with E-state index in [2.05, 4.69) is 21.2 Å². The highest BCUT2D eigenvalue weighted by Crippen LogP contribution is 2.27. The van der Waals surface area contributed by atoms with Crippen LogP contribution in [-0.4, -0.2) is 19.1 Å². The zero-order chi connectivity index (χ0) is 12.3. The summed E-state index contributed by atoms with van der Waals surface area (Å²) in [5.41, 5.74) is -0.963. The molecule has 1 unspecified atom stereocenters. The number of furan rings is 1. The van der Waals surface area contributed by atoms with Gasteiger partial charge in [-0.3, -0.25) is 5.32 Å². The van der Waals surface area contributed by atoms with Crippen LogP contribution in [-0.2, 0) is 15.1 Å². The fourth-order valence-corrected chi connectivity index (χ4v) is 1.90. The van der Waals surface area contributed by atoms with Crippen LogP contribution in [0.15, 0.2) is 21.2 Å². The third-order valence-electron chi connectivity index (χ3n) is 2.24. The highest BCUT2D eigenvalue weighted by molar-refractivity contribution is 9.10. The molecule has 0 aliphatic carbocycles. The molecule has 1 aromatic rings. The zero-order valence-electron chi connectivity index (χ0n) is 9.83. The van der Waals surface area contributed by atoms with Gasteiger partial charge >= 0.3 is 5.97 Å². The van der Waals surface area contributed by atoms with Crippen LogP contribution >= 0.6 is 15.9 Å². The topological polar surface area (TPSA) is 51.5 Å². The van der Waals surface area contributed by atoms with E-state index in [4.69, 9.17) is 9.15 Å². The van der Waals surface area contributed by atoms with Crippen molar-refractivity contribution in [1.29, 1.82) is 0 Å². The highest BCUT2D eigenvalue weighted by atomic mass is 79.9. The molecular weight excluding hydrogens is 274 g/mol. The molecule has 0 aliphatic heterocycles. The highest BCUT2D eigenvalue weighted by Gasteiger charge is 2.39. The first-order valence-electron chi connectivity index (χ1n) is 5.02. The summed E-state index contributed by atoms with van der Waals surface area (Å²) in [5.74, 6) is 0.156. The number of methoxy groups -OCH3 is 1. The third kappa shape index (κ3) is 2.65. The Labute approximate surface area is 103 Å². The summed E-state index contributed by atoms with van der Waals surface area (Å²) in [7, 11) is 1.36. The lowest BCUT2D eigenvalue weighted by atomic mass is 9.98. The molecule has 0 saturated carbocycles. The van der Waals surface area contributed by atoms with Gasteiger partial charge in [0.05, 0.1) is 7.11 Å². The van der Waals surface area contributed by atoms with Crippen LogP contribution in [0.1, 0.15) is 26.5 Å². The molecule has 16 heavy (non-hydrogen) atoms. The number of rotatable bonds is 4. The Bertz CT molecular complexity index is 375. The number of carbonyl (C=O) groups excluding carboxylic acids is 1. The van der Waals surface area contributed by atoms with Crippen LogP contribution in [0, 0.1) is 0 Å². The van der Waals surface area contributed by atoms with Crippen LogP contribution in [0.3, 0.4) is 0 Å². The molecule has 5 heteroatoms. The smallest absolute Gasteiger partial charge is 0.333 e. The van der Waals surface area contributed by atoms with Crippen LogP contribution in [0.2, 0.25) is 0 Å². The largest absolute Gasteiger partial charge is 0.467 e. The first-order valence-corrected chi connectivity index (χ1v) is 5.81. The number of carbonyl (C=O) groups is 1. The summed E-state index contributed by atoms with van der Waals surface area (Å²) in [6, 6.07) is 3.63. The molecule has 0 spiro atoms. The van der Waals surface area contributed by atoms with Crippen molar-refractivity contribution in [2.24, 2.45) is 0 Å². The monoisotopic (exact) mass is 289 g/mol. The van der Waals surface area contributed by atoms with E-state index in [1.54, 1.807) is 19.1 Å². The van der Waals surface area contributed by atoms with Gasteiger partial charge in [0.2, 0.25) is 0 Å². The lowest BCUT2D eigenvalue weighted by Gasteiger charge is -2.28. The Kier molecular flexibility index (Phi) is 4.15. The molecular formula is C11H16BrNO3. The molecule has 0 aliphatic rings. The standard InChI is InChI=1S/C11H16BrNO3/c1-7(2)13-11(3,10(14)15-4)8-5-6-9(12)16-8/h5-7,13H,1-4H3. The fourth-order valence-electron chi connectivity index (χ4n) is 1.60. The van der Waals surface area contributed by atoms with Crippen molar-refractivity contribution in [3.8, 4) is 0 Å². The second-order valence-corrected chi connectivity index (χ2v) is 4.80. The van der Waals surface area contributed by atoms with E-state index in [1.165, 1.54) is 7.11 Å². The number of hydrogen-bond donors (Lipinski definition) is 1. The Morgan fingerprint density at radius 1 is 1.56 bits per heavy atom. The molecule has 0 fully saturated rings. The second-order valence-electron chi connectivity index (χ2n) is 4.02. The summed E-state index contributed by atoms with van der Waals surface area (Å²) in [4.78, 5) is 11.8. The van der Waals surface area contributed by atoms with Crippen LogP contribution in [0.5, 0.6) is 0 Å². The number of hydrogen-bond acceptors (Lipinski definition) is 4. The quantitative estimate of drug-likeness (QED) is 0.865.